The van der Waals surface area contributed by atoms with Gasteiger partial charge in [0.15, 0.2) is 0 Å². The molecule has 2 heteroatoms. The highest BCUT2D eigenvalue weighted by Crippen LogP contribution is 2.40. The summed E-state index contributed by atoms with van der Waals surface area (Å²) in [7, 11) is 0. The molecule has 0 spiro atoms. The number of nitrogens with zero attached hydrogens (tertiary/aromatic N) is 1. The van der Waals surface area contributed by atoms with Gasteiger partial charge in [0.1, 0.15) is 0 Å². The van der Waals surface area contributed by atoms with Gasteiger partial charge in [0.2, 0.25) is 0 Å². The molecular formula is C24H37NS. The summed E-state index contributed by atoms with van der Waals surface area (Å²) in [6, 6.07) is 6.99. The van der Waals surface area contributed by atoms with Crippen molar-refractivity contribution < 1.29 is 0 Å². The largest absolute Gasteiger partial charge is 0.241 e. The second-order valence-electron chi connectivity index (χ2n) is 8.38. The van der Waals surface area contributed by atoms with Crippen LogP contribution in [0.15, 0.2) is 18.2 Å². The van der Waals surface area contributed by atoms with Crippen molar-refractivity contribution in [3.63, 3.8) is 0 Å². The van der Waals surface area contributed by atoms with Crippen LogP contribution in [0.2, 0.25) is 0 Å². The van der Waals surface area contributed by atoms with E-state index in [0.717, 1.165) is 11.8 Å². The van der Waals surface area contributed by atoms with Gasteiger partial charge in [-0.05, 0) is 62.1 Å². The van der Waals surface area contributed by atoms with E-state index in [0.29, 0.717) is 0 Å². The molecule has 2 aromatic rings. The number of rotatable bonds is 10. The first-order valence-corrected chi connectivity index (χ1v) is 12.0. The van der Waals surface area contributed by atoms with Crippen LogP contribution >= 0.6 is 11.3 Å². The van der Waals surface area contributed by atoms with E-state index in [1.165, 1.54) is 104 Å². The lowest BCUT2D eigenvalue weighted by Crippen LogP contribution is -2.13. The number of thiazole rings is 1. The molecule has 1 saturated carbocycles. The van der Waals surface area contributed by atoms with Gasteiger partial charge < -0.3 is 0 Å². The van der Waals surface area contributed by atoms with Crippen LogP contribution in [-0.4, -0.2) is 4.98 Å². The van der Waals surface area contributed by atoms with E-state index in [1.54, 1.807) is 0 Å². The van der Waals surface area contributed by atoms with Crippen molar-refractivity contribution in [2.24, 2.45) is 5.92 Å². The zero-order chi connectivity index (χ0) is 18.2. The van der Waals surface area contributed by atoms with Crippen molar-refractivity contribution in [2.45, 2.75) is 103 Å². The molecule has 1 heterocycles. The van der Waals surface area contributed by atoms with E-state index in [1.807, 2.05) is 11.3 Å². The molecule has 0 N–H and O–H groups in total. The molecule has 0 aliphatic heterocycles. The third-order valence-corrected chi connectivity index (χ3v) is 7.38. The summed E-state index contributed by atoms with van der Waals surface area (Å²) >= 11 is 1.97. The number of unbranched alkanes of at least 4 members (excludes halogenated alkanes) is 5. The first-order valence-electron chi connectivity index (χ1n) is 11.2. The Morgan fingerprint density at radius 1 is 0.923 bits per heavy atom. The predicted molar refractivity (Wildman–Crippen MR) is 116 cm³/mol. The van der Waals surface area contributed by atoms with Crippen LogP contribution in [0.4, 0.5) is 0 Å². The second-order valence-corrected chi connectivity index (χ2v) is 9.44. The molecule has 26 heavy (non-hydrogen) atoms. The van der Waals surface area contributed by atoms with Crippen LogP contribution in [-0.2, 0) is 6.42 Å². The lowest BCUT2D eigenvalue weighted by atomic mass is 9.80. The summed E-state index contributed by atoms with van der Waals surface area (Å²) in [6.45, 7) is 4.59. The zero-order valence-corrected chi connectivity index (χ0v) is 17.8. The highest BCUT2D eigenvalue weighted by molar-refractivity contribution is 7.18. The minimum atomic E-state index is 0.725. The Bertz CT molecular complexity index is 651. The molecule has 144 valence electrons. The van der Waals surface area contributed by atoms with E-state index in [4.69, 9.17) is 4.98 Å². The molecule has 1 aliphatic rings. The number of fused-ring (bicyclic) bond motifs is 1. The molecule has 0 radical (unpaired) electrons. The maximum Gasteiger partial charge on any atom is 0.0969 e. The number of aromatic nitrogens is 1. The fourth-order valence-corrected chi connectivity index (χ4v) is 5.65. The maximum atomic E-state index is 5.01. The molecular weight excluding hydrogens is 334 g/mol. The summed E-state index contributed by atoms with van der Waals surface area (Å²) in [4.78, 5) is 5.01. The zero-order valence-electron chi connectivity index (χ0n) is 16.9. The van der Waals surface area contributed by atoms with Crippen LogP contribution in [0, 0.1) is 5.92 Å². The summed E-state index contributed by atoms with van der Waals surface area (Å²) in [5.41, 5.74) is 2.73. The topological polar surface area (TPSA) is 12.9 Å². The minimum absolute atomic E-state index is 0.725. The average molecular weight is 372 g/mol. The minimum Gasteiger partial charge on any atom is -0.241 e. The fourth-order valence-electron chi connectivity index (χ4n) is 4.45. The second kappa shape index (κ2) is 10.4. The molecule has 3 rings (SSSR count). The van der Waals surface area contributed by atoms with E-state index >= 15 is 0 Å². The summed E-state index contributed by atoms with van der Waals surface area (Å²) in [5.74, 6) is 1.71. The number of benzene rings is 1. The van der Waals surface area contributed by atoms with Gasteiger partial charge in [-0.3, -0.25) is 0 Å². The fraction of sp³-hybridized carbons (Fsp3) is 0.708. The Morgan fingerprint density at radius 3 is 2.46 bits per heavy atom. The molecule has 1 aliphatic carbocycles. The molecule has 0 atom stereocenters. The molecule has 1 aromatic carbocycles. The van der Waals surface area contributed by atoms with Gasteiger partial charge in [0.05, 0.1) is 15.2 Å². The van der Waals surface area contributed by atoms with Crippen LogP contribution < -0.4 is 0 Å². The van der Waals surface area contributed by atoms with Crippen LogP contribution in [0.5, 0.6) is 0 Å². The quantitative estimate of drug-likeness (QED) is 0.383. The van der Waals surface area contributed by atoms with Gasteiger partial charge in [-0.1, -0.05) is 64.9 Å². The molecule has 0 saturated heterocycles. The normalized spacial score (nSPS) is 20.7. The Hall–Kier alpha value is -0.890. The number of hydrogen-bond acceptors (Lipinski definition) is 2. The monoisotopic (exact) mass is 371 g/mol. The molecule has 0 amide bonds. The Labute approximate surface area is 164 Å². The first kappa shape index (κ1) is 19.9. The van der Waals surface area contributed by atoms with Gasteiger partial charge >= 0.3 is 0 Å². The van der Waals surface area contributed by atoms with Gasteiger partial charge in [-0.25, -0.2) is 4.98 Å². The van der Waals surface area contributed by atoms with Crippen molar-refractivity contribution in [3.05, 3.63) is 28.8 Å². The standard InChI is InChI=1S/C24H37NS/c1-3-5-7-9-11-20-14-17-22-23(18-20)26-24(25-22)21-15-12-19(13-16-21)10-8-6-4-2/h14,17-19,21H,3-13,15-16H2,1-2H3/t19-,21-. The van der Waals surface area contributed by atoms with E-state index in [9.17, 15) is 0 Å². The lowest BCUT2D eigenvalue weighted by Gasteiger charge is -2.27. The van der Waals surface area contributed by atoms with Crippen molar-refractivity contribution in [1.82, 2.24) is 4.98 Å². The van der Waals surface area contributed by atoms with Gasteiger partial charge in [0.25, 0.3) is 0 Å². The Kier molecular flexibility index (Phi) is 7.98. The van der Waals surface area contributed by atoms with Crippen molar-refractivity contribution in [1.29, 1.82) is 0 Å². The van der Waals surface area contributed by atoms with Crippen LogP contribution in [0.1, 0.15) is 107 Å². The van der Waals surface area contributed by atoms with Crippen LogP contribution in [0.25, 0.3) is 10.2 Å². The SMILES string of the molecule is CCCCCCc1ccc2nc([C@H]3CC[C@H](CCCCC)CC3)sc2c1. The van der Waals surface area contributed by atoms with E-state index in [-0.39, 0.29) is 0 Å². The summed E-state index contributed by atoms with van der Waals surface area (Å²) in [6.07, 6.45) is 17.8. The van der Waals surface area contributed by atoms with E-state index < -0.39 is 0 Å². The Morgan fingerprint density at radius 2 is 1.69 bits per heavy atom. The summed E-state index contributed by atoms with van der Waals surface area (Å²) in [5, 5.41) is 1.41. The molecule has 0 unspecified atom stereocenters. The smallest absolute Gasteiger partial charge is 0.0969 e. The third-order valence-electron chi connectivity index (χ3n) is 6.20. The summed E-state index contributed by atoms with van der Waals surface area (Å²) < 4.78 is 1.41. The van der Waals surface area contributed by atoms with E-state index in [2.05, 4.69) is 32.0 Å². The number of aryl methyl sites for hydroxylation is 1. The van der Waals surface area contributed by atoms with Crippen molar-refractivity contribution in [3.8, 4) is 0 Å². The number of hydrogen-bond donors (Lipinski definition) is 0. The van der Waals surface area contributed by atoms with Crippen molar-refractivity contribution in [2.75, 3.05) is 0 Å². The van der Waals surface area contributed by atoms with Crippen molar-refractivity contribution >= 4 is 21.6 Å². The Balaban J connectivity index is 1.54. The predicted octanol–water partition coefficient (Wildman–Crippen LogP) is 8.27. The van der Waals surface area contributed by atoms with Gasteiger partial charge in [-0.15, -0.1) is 11.3 Å². The first-order chi connectivity index (χ1) is 12.8. The van der Waals surface area contributed by atoms with Gasteiger partial charge in [0, 0.05) is 5.92 Å². The molecule has 1 aromatic heterocycles. The lowest BCUT2D eigenvalue weighted by molar-refractivity contribution is 0.302. The molecule has 1 fully saturated rings. The molecule has 0 bridgehead atoms. The van der Waals surface area contributed by atoms with Gasteiger partial charge in [-0.2, -0.15) is 0 Å². The highest BCUT2D eigenvalue weighted by Gasteiger charge is 2.24. The average Bonchev–Trinajstić information content (AvgIpc) is 3.09. The molecule has 1 nitrogen and oxygen atoms in total. The maximum absolute atomic E-state index is 5.01. The third kappa shape index (κ3) is 5.55. The van der Waals surface area contributed by atoms with Crippen LogP contribution in [0.3, 0.4) is 0 Å². The highest BCUT2D eigenvalue weighted by atomic mass is 32.1.